The Balaban J connectivity index is 2.16. The number of rotatable bonds is 5. The van der Waals surface area contributed by atoms with Crippen molar-refractivity contribution in [2.24, 2.45) is 0 Å². The summed E-state index contributed by atoms with van der Waals surface area (Å²) in [6, 6.07) is 16.0. The van der Waals surface area contributed by atoms with E-state index in [1.165, 1.54) is 13.2 Å². The molecule has 0 atom stereocenters. The normalized spacial score (nSPS) is 11.0. The Morgan fingerprint density at radius 3 is 2.43 bits per heavy atom. The molecule has 21 heavy (non-hydrogen) atoms. The molecule has 0 aromatic heterocycles. The standard InChI is InChI=1S/C17H16O4/c1-20-17(19)14(11-13-7-3-2-4-8-13)12-21-16-10-6-5-9-15(16)18/h2-11,18H,12H2,1H3/b14-11-. The van der Waals surface area contributed by atoms with Gasteiger partial charge in [0.1, 0.15) is 6.61 Å². The lowest BCUT2D eigenvalue weighted by molar-refractivity contribution is -0.136. The number of phenols is 1. The van der Waals surface area contributed by atoms with E-state index in [1.54, 1.807) is 24.3 Å². The summed E-state index contributed by atoms with van der Waals surface area (Å²) < 4.78 is 10.2. The molecule has 0 bridgehead atoms. The quantitative estimate of drug-likeness (QED) is 0.677. The first-order valence-electron chi connectivity index (χ1n) is 6.45. The van der Waals surface area contributed by atoms with Crippen molar-refractivity contribution in [1.29, 1.82) is 0 Å². The third-order valence-electron chi connectivity index (χ3n) is 2.84. The lowest BCUT2D eigenvalue weighted by Gasteiger charge is -2.09. The molecule has 0 heterocycles. The highest BCUT2D eigenvalue weighted by atomic mass is 16.5. The van der Waals surface area contributed by atoms with Gasteiger partial charge in [-0.3, -0.25) is 0 Å². The number of hydrogen-bond acceptors (Lipinski definition) is 4. The maximum atomic E-state index is 11.8. The predicted molar refractivity (Wildman–Crippen MR) is 80.0 cm³/mol. The molecule has 0 amide bonds. The van der Waals surface area contributed by atoms with Crippen molar-refractivity contribution in [3.05, 3.63) is 65.7 Å². The molecular weight excluding hydrogens is 268 g/mol. The SMILES string of the molecule is COC(=O)/C(=C\c1ccccc1)COc1ccccc1O. The van der Waals surface area contributed by atoms with Gasteiger partial charge in [0, 0.05) is 0 Å². The number of methoxy groups -OCH3 is 1. The molecule has 0 aliphatic heterocycles. The minimum atomic E-state index is -0.464. The number of benzene rings is 2. The largest absolute Gasteiger partial charge is 0.504 e. The molecule has 0 unspecified atom stereocenters. The molecule has 4 nitrogen and oxygen atoms in total. The first kappa shape index (κ1) is 14.7. The van der Waals surface area contributed by atoms with E-state index < -0.39 is 5.97 Å². The number of hydrogen-bond donors (Lipinski definition) is 1. The molecular formula is C17H16O4. The Morgan fingerprint density at radius 1 is 1.10 bits per heavy atom. The summed E-state index contributed by atoms with van der Waals surface area (Å²) >= 11 is 0. The van der Waals surface area contributed by atoms with Crippen LogP contribution in [0.1, 0.15) is 5.56 Å². The van der Waals surface area contributed by atoms with Crippen LogP contribution in [0.3, 0.4) is 0 Å². The minimum Gasteiger partial charge on any atom is -0.504 e. The van der Waals surface area contributed by atoms with Gasteiger partial charge in [-0.1, -0.05) is 42.5 Å². The summed E-state index contributed by atoms with van der Waals surface area (Å²) in [5, 5.41) is 9.65. The lowest BCUT2D eigenvalue weighted by Crippen LogP contribution is -2.12. The van der Waals surface area contributed by atoms with Crippen LogP contribution in [0.5, 0.6) is 11.5 Å². The average Bonchev–Trinajstić information content (AvgIpc) is 2.53. The summed E-state index contributed by atoms with van der Waals surface area (Å²) in [7, 11) is 1.32. The van der Waals surface area contributed by atoms with E-state index in [9.17, 15) is 9.90 Å². The first-order valence-corrected chi connectivity index (χ1v) is 6.45. The highest BCUT2D eigenvalue weighted by Crippen LogP contribution is 2.25. The van der Waals surface area contributed by atoms with Gasteiger partial charge in [-0.15, -0.1) is 0 Å². The topological polar surface area (TPSA) is 55.8 Å². The molecule has 108 valence electrons. The van der Waals surface area contributed by atoms with Gasteiger partial charge in [0.25, 0.3) is 0 Å². The number of ether oxygens (including phenoxy) is 2. The number of carbonyl (C=O) groups excluding carboxylic acids is 1. The molecule has 0 aliphatic carbocycles. The van der Waals surface area contributed by atoms with E-state index in [1.807, 2.05) is 30.3 Å². The van der Waals surface area contributed by atoms with Crippen LogP contribution < -0.4 is 4.74 Å². The zero-order valence-corrected chi connectivity index (χ0v) is 11.7. The van der Waals surface area contributed by atoms with Gasteiger partial charge in [-0.2, -0.15) is 0 Å². The number of esters is 1. The van der Waals surface area contributed by atoms with Crippen molar-refractivity contribution in [1.82, 2.24) is 0 Å². The van der Waals surface area contributed by atoms with E-state index in [-0.39, 0.29) is 12.4 Å². The van der Waals surface area contributed by atoms with E-state index in [0.29, 0.717) is 11.3 Å². The van der Waals surface area contributed by atoms with E-state index in [4.69, 9.17) is 9.47 Å². The fourth-order valence-electron chi connectivity index (χ4n) is 1.78. The molecule has 2 aromatic carbocycles. The predicted octanol–water partition coefficient (Wildman–Crippen LogP) is 3.03. The second kappa shape index (κ2) is 7.14. The Morgan fingerprint density at radius 2 is 1.76 bits per heavy atom. The monoisotopic (exact) mass is 284 g/mol. The maximum absolute atomic E-state index is 11.8. The zero-order chi connectivity index (χ0) is 15.1. The van der Waals surface area contributed by atoms with Crippen LogP contribution in [0.2, 0.25) is 0 Å². The van der Waals surface area contributed by atoms with Gasteiger partial charge >= 0.3 is 5.97 Å². The maximum Gasteiger partial charge on any atom is 0.337 e. The van der Waals surface area contributed by atoms with Crippen LogP contribution >= 0.6 is 0 Å². The van der Waals surface area contributed by atoms with Crippen LogP contribution in [0.4, 0.5) is 0 Å². The molecule has 0 saturated heterocycles. The molecule has 2 aromatic rings. The highest BCUT2D eigenvalue weighted by Gasteiger charge is 2.12. The van der Waals surface area contributed by atoms with Crippen molar-refractivity contribution < 1.29 is 19.4 Å². The molecule has 4 heteroatoms. The van der Waals surface area contributed by atoms with Crippen LogP contribution in [0.15, 0.2) is 60.2 Å². The van der Waals surface area contributed by atoms with Crippen LogP contribution in [0.25, 0.3) is 6.08 Å². The van der Waals surface area contributed by atoms with Gasteiger partial charge in [0.2, 0.25) is 0 Å². The second-order valence-corrected chi connectivity index (χ2v) is 4.33. The van der Waals surface area contributed by atoms with Crippen LogP contribution in [0, 0.1) is 0 Å². The fraction of sp³-hybridized carbons (Fsp3) is 0.118. The van der Waals surface area contributed by atoms with E-state index >= 15 is 0 Å². The Bertz CT molecular complexity index is 632. The second-order valence-electron chi connectivity index (χ2n) is 4.33. The van der Waals surface area contributed by atoms with Crippen LogP contribution in [-0.4, -0.2) is 24.8 Å². The first-order chi connectivity index (χ1) is 10.2. The van der Waals surface area contributed by atoms with E-state index in [2.05, 4.69) is 0 Å². The highest BCUT2D eigenvalue weighted by molar-refractivity contribution is 5.93. The minimum absolute atomic E-state index is 0.0130. The Hall–Kier alpha value is -2.75. The van der Waals surface area contributed by atoms with Gasteiger partial charge in [0.15, 0.2) is 11.5 Å². The third kappa shape index (κ3) is 4.11. The Kier molecular flexibility index (Phi) is 4.99. The van der Waals surface area contributed by atoms with Crippen molar-refractivity contribution in [3.63, 3.8) is 0 Å². The molecule has 2 rings (SSSR count). The van der Waals surface area contributed by atoms with Gasteiger partial charge in [-0.25, -0.2) is 4.79 Å². The van der Waals surface area contributed by atoms with E-state index in [0.717, 1.165) is 5.56 Å². The average molecular weight is 284 g/mol. The smallest absolute Gasteiger partial charge is 0.337 e. The lowest BCUT2D eigenvalue weighted by atomic mass is 10.1. The molecule has 0 spiro atoms. The third-order valence-corrected chi connectivity index (χ3v) is 2.84. The van der Waals surface area contributed by atoms with Gasteiger partial charge in [0.05, 0.1) is 12.7 Å². The van der Waals surface area contributed by atoms with Crippen molar-refractivity contribution >= 4 is 12.0 Å². The number of aromatic hydroxyl groups is 1. The molecule has 0 fully saturated rings. The number of phenolic OH excluding ortho intramolecular Hbond substituents is 1. The number of carbonyl (C=O) groups is 1. The van der Waals surface area contributed by atoms with Crippen molar-refractivity contribution in [3.8, 4) is 11.5 Å². The summed E-state index contributed by atoms with van der Waals surface area (Å²) in [5.41, 5.74) is 1.24. The summed E-state index contributed by atoms with van der Waals surface area (Å²) in [6.45, 7) is 0.0130. The van der Waals surface area contributed by atoms with Gasteiger partial charge in [-0.05, 0) is 23.8 Å². The zero-order valence-electron chi connectivity index (χ0n) is 11.7. The molecule has 1 N–H and O–H groups in total. The summed E-state index contributed by atoms with van der Waals surface area (Å²) in [6.07, 6.45) is 1.70. The van der Waals surface area contributed by atoms with Crippen molar-refractivity contribution in [2.45, 2.75) is 0 Å². The summed E-state index contributed by atoms with van der Waals surface area (Å²) in [5.74, 6) is -0.115. The fourth-order valence-corrected chi connectivity index (χ4v) is 1.78. The summed E-state index contributed by atoms with van der Waals surface area (Å²) in [4.78, 5) is 11.8. The molecule has 0 radical (unpaired) electrons. The van der Waals surface area contributed by atoms with Crippen LogP contribution in [-0.2, 0) is 9.53 Å². The molecule has 0 aliphatic rings. The molecule has 0 saturated carbocycles. The number of para-hydroxylation sites is 2. The Labute approximate surface area is 123 Å². The van der Waals surface area contributed by atoms with Gasteiger partial charge < -0.3 is 14.6 Å². The van der Waals surface area contributed by atoms with Crippen molar-refractivity contribution in [2.75, 3.05) is 13.7 Å².